The van der Waals surface area contributed by atoms with Gasteiger partial charge in [0.2, 0.25) is 9.84 Å². The van der Waals surface area contributed by atoms with E-state index < -0.39 is 15.7 Å². The van der Waals surface area contributed by atoms with Crippen LogP contribution in [0.1, 0.15) is 0 Å². The third-order valence-electron chi connectivity index (χ3n) is 4.28. The van der Waals surface area contributed by atoms with Gasteiger partial charge in [0, 0.05) is 16.9 Å². The zero-order valence-corrected chi connectivity index (χ0v) is 15.3. The third kappa shape index (κ3) is 2.93. The summed E-state index contributed by atoms with van der Waals surface area (Å²) in [6, 6.07) is 16.3. The molecule has 4 N–H and O–H groups in total. The number of nitrogens with two attached hydrogens (primary N) is 2. The molecule has 0 saturated carbocycles. The minimum atomic E-state index is -4.11. The lowest BCUT2D eigenvalue weighted by Gasteiger charge is -2.14. The van der Waals surface area contributed by atoms with Crippen molar-refractivity contribution >= 4 is 32.2 Å². The van der Waals surface area contributed by atoms with E-state index in [0.29, 0.717) is 16.6 Å². The Bertz CT molecular complexity index is 1290. The molecule has 4 aromatic rings. The molecule has 8 heteroatoms. The second kappa shape index (κ2) is 6.58. The van der Waals surface area contributed by atoms with Gasteiger partial charge in [0.1, 0.15) is 11.5 Å². The normalized spacial score (nSPS) is 11.6. The quantitative estimate of drug-likeness (QED) is 0.407. The fourth-order valence-corrected chi connectivity index (χ4v) is 4.26. The van der Waals surface area contributed by atoms with E-state index in [1.807, 2.05) is 0 Å². The lowest BCUT2D eigenvalue weighted by molar-refractivity contribution is 0.591. The summed E-state index contributed by atoms with van der Waals surface area (Å²) in [6.45, 7) is 0. The Hall–Kier alpha value is -3.52. The van der Waals surface area contributed by atoms with E-state index in [1.54, 1.807) is 42.5 Å². The summed E-state index contributed by atoms with van der Waals surface area (Å²) in [4.78, 5) is 8.75. The predicted octanol–water partition coefficient (Wildman–Crippen LogP) is 3.43. The Morgan fingerprint density at radius 1 is 0.750 bits per heavy atom. The van der Waals surface area contributed by atoms with Crippen molar-refractivity contribution < 1.29 is 12.8 Å². The highest BCUT2D eigenvalue weighted by Gasteiger charge is 2.27. The van der Waals surface area contributed by atoms with Crippen LogP contribution in [0.25, 0.3) is 22.3 Å². The van der Waals surface area contributed by atoms with Crippen LogP contribution in [0.15, 0.2) is 76.7 Å². The molecule has 3 aromatic carbocycles. The third-order valence-corrected chi connectivity index (χ3v) is 5.97. The van der Waals surface area contributed by atoms with E-state index in [9.17, 15) is 12.8 Å². The van der Waals surface area contributed by atoms with Crippen molar-refractivity contribution in [1.82, 2.24) is 9.97 Å². The number of hydrogen-bond donors (Lipinski definition) is 2. The number of sulfone groups is 1. The maximum absolute atomic E-state index is 13.3. The topological polar surface area (TPSA) is 112 Å². The number of nitrogens with zero attached hydrogens (tertiary/aromatic N) is 2. The van der Waals surface area contributed by atoms with Crippen molar-refractivity contribution in [1.29, 1.82) is 0 Å². The van der Waals surface area contributed by atoms with Crippen LogP contribution in [0.4, 0.5) is 15.8 Å². The number of anilines is 2. The standard InChI is InChI=1S/C20H15FN4O2S/c21-12-8-10-13(11-9-12)28(26,27)20-19(18-14(22)4-3-5-15(18)23)24-16-6-1-2-7-17(16)25-20/h1-11H,22-23H2. The molecular weight excluding hydrogens is 379 g/mol. The largest absolute Gasteiger partial charge is 0.398 e. The predicted molar refractivity (Wildman–Crippen MR) is 106 cm³/mol. The van der Waals surface area contributed by atoms with Gasteiger partial charge in [0.05, 0.1) is 15.9 Å². The highest BCUT2D eigenvalue weighted by molar-refractivity contribution is 7.91. The molecule has 0 aliphatic heterocycles. The molecule has 1 aromatic heterocycles. The van der Waals surface area contributed by atoms with Crippen LogP contribution in [0.5, 0.6) is 0 Å². The van der Waals surface area contributed by atoms with Crippen LogP contribution >= 0.6 is 0 Å². The Labute approximate surface area is 160 Å². The zero-order valence-electron chi connectivity index (χ0n) is 14.5. The van der Waals surface area contributed by atoms with Crippen molar-refractivity contribution in [3.8, 4) is 11.3 Å². The van der Waals surface area contributed by atoms with E-state index in [4.69, 9.17) is 11.5 Å². The van der Waals surface area contributed by atoms with Gasteiger partial charge in [-0.2, -0.15) is 0 Å². The second-order valence-corrected chi connectivity index (χ2v) is 8.00. The molecule has 140 valence electrons. The number of nitrogen functional groups attached to an aromatic ring is 2. The number of halogens is 1. The molecule has 0 fully saturated rings. The molecule has 28 heavy (non-hydrogen) atoms. The first-order valence-electron chi connectivity index (χ1n) is 8.30. The summed E-state index contributed by atoms with van der Waals surface area (Å²) >= 11 is 0. The number of rotatable bonds is 3. The lowest BCUT2D eigenvalue weighted by Crippen LogP contribution is -2.10. The molecule has 0 radical (unpaired) electrons. The number of hydrogen-bond acceptors (Lipinski definition) is 6. The van der Waals surface area contributed by atoms with Gasteiger partial charge in [-0.3, -0.25) is 0 Å². The molecule has 0 amide bonds. The summed E-state index contributed by atoms with van der Waals surface area (Å²) in [5.41, 5.74) is 14.0. The summed E-state index contributed by atoms with van der Waals surface area (Å²) < 4.78 is 39.9. The number of benzene rings is 3. The molecule has 0 aliphatic carbocycles. The average molecular weight is 394 g/mol. The van der Waals surface area contributed by atoms with Gasteiger partial charge >= 0.3 is 0 Å². The minimum Gasteiger partial charge on any atom is -0.398 e. The molecule has 0 aliphatic rings. The van der Waals surface area contributed by atoms with Gasteiger partial charge in [-0.15, -0.1) is 0 Å². The fourth-order valence-electron chi connectivity index (χ4n) is 2.92. The van der Waals surface area contributed by atoms with E-state index in [1.165, 1.54) is 12.1 Å². The Morgan fingerprint density at radius 3 is 1.93 bits per heavy atom. The van der Waals surface area contributed by atoms with E-state index >= 15 is 0 Å². The molecule has 0 saturated heterocycles. The van der Waals surface area contributed by atoms with Crippen molar-refractivity contribution in [2.24, 2.45) is 0 Å². The van der Waals surface area contributed by atoms with Crippen LogP contribution in [-0.4, -0.2) is 18.4 Å². The minimum absolute atomic E-state index is 0.0543. The smallest absolute Gasteiger partial charge is 0.226 e. The molecule has 0 bridgehead atoms. The van der Waals surface area contributed by atoms with Gasteiger partial charge in [0.15, 0.2) is 5.03 Å². The molecule has 1 heterocycles. The van der Waals surface area contributed by atoms with Crippen molar-refractivity contribution in [2.45, 2.75) is 9.92 Å². The summed E-state index contributed by atoms with van der Waals surface area (Å²) in [7, 11) is -4.11. The molecule has 0 spiro atoms. The number of fused-ring (bicyclic) bond motifs is 1. The first-order valence-corrected chi connectivity index (χ1v) is 9.78. The van der Waals surface area contributed by atoms with Gasteiger partial charge in [-0.05, 0) is 48.5 Å². The Morgan fingerprint density at radius 2 is 1.32 bits per heavy atom. The SMILES string of the molecule is Nc1cccc(N)c1-c1nc2ccccc2nc1S(=O)(=O)c1ccc(F)cc1. The molecule has 4 rings (SSSR count). The van der Waals surface area contributed by atoms with Crippen LogP contribution in [0.2, 0.25) is 0 Å². The molecule has 0 atom stereocenters. The Balaban J connectivity index is 2.08. The monoisotopic (exact) mass is 394 g/mol. The van der Waals surface area contributed by atoms with Crippen LogP contribution in [-0.2, 0) is 9.84 Å². The summed E-state index contributed by atoms with van der Waals surface area (Å²) in [5, 5.41) is -0.289. The van der Waals surface area contributed by atoms with Crippen LogP contribution in [0.3, 0.4) is 0 Å². The van der Waals surface area contributed by atoms with Crippen molar-refractivity contribution in [3.05, 3.63) is 72.5 Å². The molecular formula is C20H15FN4O2S. The number of aromatic nitrogens is 2. The molecule has 6 nitrogen and oxygen atoms in total. The maximum Gasteiger partial charge on any atom is 0.226 e. The van der Waals surface area contributed by atoms with Gasteiger partial charge in [0.25, 0.3) is 0 Å². The fraction of sp³-hybridized carbons (Fsp3) is 0. The zero-order chi connectivity index (χ0) is 19.9. The van der Waals surface area contributed by atoms with E-state index in [2.05, 4.69) is 9.97 Å². The van der Waals surface area contributed by atoms with Crippen molar-refractivity contribution in [3.63, 3.8) is 0 Å². The van der Waals surface area contributed by atoms with Crippen molar-refractivity contribution in [2.75, 3.05) is 11.5 Å². The number of para-hydroxylation sites is 2. The van der Waals surface area contributed by atoms with Crippen LogP contribution in [0, 0.1) is 5.82 Å². The first-order chi connectivity index (χ1) is 13.4. The van der Waals surface area contributed by atoms with E-state index in [0.717, 1.165) is 12.1 Å². The summed E-state index contributed by atoms with van der Waals surface area (Å²) in [5.74, 6) is -0.541. The summed E-state index contributed by atoms with van der Waals surface area (Å²) in [6.07, 6.45) is 0. The Kier molecular flexibility index (Phi) is 4.20. The van der Waals surface area contributed by atoms with Crippen LogP contribution < -0.4 is 11.5 Å². The highest BCUT2D eigenvalue weighted by Crippen LogP contribution is 2.36. The first kappa shape index (κ1) is 17.9. The highest BCUT2D eigenvalue weighted by atomic mass is 32.2. The second-order valence-electron chi connectivity index (χ2n) is 6.13. The van der Waals surface area contributed by atoms with Gasteiger partial charge in [-0.25, -0.2) is 22.8 Å². The molecule has 0 unspecified atom stereocenters. The van der Waals surface area contributed by atoms with E-state index in [-0.39, 0.29) is 27.0 Å². The lowest BCUT2D eigenvalue weighted by atomic mass is 10.1. The maximum atomic E-state index is 13.3. The van der Waals surface area contributed by atoms with Gasteiger partial charge in [-0.1, -0.05) is 18.2 Å². The average Bonchev–Trinajstić information content (AvgIpc) is 2.67. The van der Waals surface area contributed by atoms with Gasteiger partial charge < -0.3 is 11.5 Å².